The first-order chi connectivity index (χ1) is 6.51. The molecule has 0 aromatic carbocycles. The van der Waals surface area contributed by atoms with Crippen molar-refractivity contribution in [2.75, 3.05) is 12.8 Å². The fourth-order valence-electron chi connectivity index (χ4n) is 0.754. The monoisotopic (exact) mass is 234 g/mol. The molecule has 14 heavy (non-hydrogen) atoms. The molecular formula is C7H10N2O3S2. The third kappa shape index (κ3) is 2.10. The van der Waals surface area contributed by atoms with Crippen LogP contribution in [0.25, 0.3) is 0 Å². The minimum atomic E-state index is -3.29. The van der Waals surface area contributed by atoms with Crippen LogP contribution in [0.1, 0.15) is 16.6 Å². The Balaban J connectivity index is 3.06. The minimum absolute atomic E-state index is 0.00130. The van der Waals surface area contributed by atoms with Gasteiger partial charge in [0.1, 0.15) is 4.88 Å². The zero-order valence-electron chi connectivity index (χ0n) is 7.77. The van der Waals surface area contributed by atoms with E-state index in [1.165, 1.54) is 20.2 Å². The highest BCUT2D eigenvalue weighted by Gasteiger charge is 2.18. The van der Waals surface area contributed by atoms with Crippen molar-refractivity contribution in [2.45, 2.75) is 11.3 Å². The Morgan fingerprint density at radius 3 is 2.79 bits per heavy atom. The summed E-state index contributed by atoms with van der Waals surface area (Å²) in [6.45, 7) is 1.54. The van der Waals surface area contributed by atoms with E-state index in [9.17, 15) is 13.2 Å². The predicted octanol–water partition coefficient (Wildman–Crippen LogP) is 0.296. The lowest BCUT2D eigenvalue weighted by Crippen LogP contribution is -2.16. The molecule has 0 aliphatic rings. The first-order valence-electron chi connectivity index (χ1n) is 3.92. The normalized spacial score (nSPS) is 11.3. The van der Waals surface area contributed by atoms with Crippen LogP contribution in [-0.4, -0.2) is 32.1 Å². The Labute approximate surface area is 86.1 Å². The average Bonchev–Trinajstić information content (AvgIpc) is 2.66. The molecule has 1 aromatic rings. The van der Waals surface area contributed by atoms with E-state index in [-0.39, 0.29) is 16.0 Å². The third-order valence-electron chi connectivity index (χ3n) is 1.58. The van der Waals surface area contributed by atoms with Gasteiger partial charge in [-0.3, -0.25) is 4.79 Å². The maximum absolute atomic E-state index is 11.3. The van der Waals surface area contributed by atoms with Gasteiger partial charge in [-0.05, 0) is 0 Å². The molecule has 0 radical (unpaired) electrons. The molecule has 1 heterocycles. The van der Waals surface area contributed by atoms with E-state index in [0.29, 0.717) is 4.88 Å². The Kier molecular flexibility index (Phi) is 3.22. The van der Waals surface area contributed by atoms with Gasteiger partial charge >= 0.3 is 0 Å². The molecule has 0 aliphatic carbocycles. The van der Waals surface area contributed by atoms with Crippen LogP contribution in [0.5, 0.6) is 0 Å². The number of hydrogen-bond acceptors (Lipinski definition) is 5. The highest BCUT2D eigenvalue weighted by atomic mass is 32.2. The van der Waals surface area contributed by atoms with Crippen LogP contribution in [0, 0.1) is 0 Å². The van der Waals surface area contributed by atoms with Crippen LogP contribution < -0.4 is 5.32 Å². The molecule has 1 aromatic heterocycles. The summed E-state index contributed by atoms with van der Waals surface area (Å²) in [5.41, 5.74) is 0. The van der Waals surface area contributed by atoms with Crippen LogP contribution in [-0.2, 0) is 9.84 Å². The fourth-order valence-corrected chi connectivity index (χ4v) is 2.94. The van der Waals surface area contributed by atoms with Crippen LogP contribution in [0.3, 0.4) is 0 Å². The summed E-state index contributed by atoms with van der Waals surface area (Å²) in [7, 11) is -1.81. The van der Waals surface area contributed by atoms with Gasteiger partial charge in [0.2, 0.25) is 14.2 Å². The van der Waals surface area contributed by atoms with E-state index < -0.39 is 9.84 Å². The van der Waals surface area contributed by atoms with Gasteiger partial charge in [-0.2, -0.15) is 0 Å². The van der Waals surface area contributed by atoms with Crippen molar-refractivity contribution < 1.29 is 13.2 Å². The van der Waals surface area contributed by atoms with Crippen LogP contribution in [0.2, 0.25) is 0 Å². The molecule has 0 saturated heterocycles. The number of aromatic nitrogens is 1. The standard InChI is InChI=1S/C7H10N2O3S2/c1-3-14(11,12)7-9-4-5(13-7)6(10)8-2/h4H,3H2,1-2H3,(H,8,10). The van der Waals surface area contributed by atoms with E-state index in [2.05, 4.69) is 10.3 Å². The lowest BCUT2D eigenvalue weighted by molar-refractivity contribution is 0.0967. The van der Waals surface area contributed by atoms with Gasteiger partial charge in [0, 0.05) is 7.05 Å². The van der Waals surface area contributed by atoms with E-state index in [1.807, 2.05) is 0 Å². The van der Waals surface area contributed by atoms with Crippen molar-refractivity contribution in [1.82, 2.24) is 10.3 Å². The molecule has 1 rings (SSSR count). The topological polar surface area (TPSA) is 76.1 Å². The quantitative estimate of drug-likeness (QED) is 0.816. The molecule has 7 heteroatoms. The van der Waals surface area contributed by atoms with Gasteiger partial charge < -0.3 is 5.32 Å². The Morgan fingerprint density at radius 1 is 1.64 bits per heavy atom. The summed E-state index contributed by atoms with van der Waals surface area (Å²) in [4.78, 5) is 15.1. The largest absolute Gasteiger partial charge is 0.354 e. The number of sulfone groups is 1. The van der Waals surface area contributed by atoms with Crippen molar-refractivity contribution in [2.24, 2.45) is 0 Å². The Morgan fingerprint density at radius 2 is 2.29 bits per heavy atom. The van der Waals surface area contributed by atoms with E-state index >= 15 is 0 Å². The van der Waals surface area contributed by atoms with Crippen LogP contribution in [0.15, 0.2) is 10.5 Å². The number of thiazole rings is 1. The lowest BCUT2D eigenvalue weighted by Gasteiger charge is -1.93. The first kappa shape index (κ1) is 11.1. The molecule has 0 spiro atoms. The van der Waals surface area contributed by atoms with Crippen LogP contribution in [0.4, 0.5) is 0 Å². The summed E-state index contributed by atoms with van der Waals surface area (Å²) in [6, 6.07) is 0. The van der Waals surface area contributed by atoms with Gasteiger partial charge in [-0.1, -0.05) is 18.3 Å². The number of nitrogens with one attached hydrogen (secondary N) is 1. The first-order valence-corrected chi connectivity index (χ1v) is 6.38. The number of carbonyl (C=O) groups excluding carboxylic acids is 1. The third-order valence-corrected chi connectivity index (χ3v) is 4.78. The van der Waals surface area contributed by atoms with Crippen molar-refractivity contribution >= 4 is 27.1 Å². The maximum atomic E-state index is 11.3. The number of carbonyl (C=O) groups is 1. The molecule has 78 valence electrons. The lowest BCUT2D eigenvalue weighted by atomic mass is 10.5. The second kappa shape index (κ2) is 4.05. The number of nitrogens with zero attached hydrogens (tertiary/aromatic N) is 1. The molecule has 1 amide bonds. The molecule has 0 unspecified atom stereocenters. The summed E-state index contributed by atoms with van der Waals surface area (Å²) < 4.78 is 22.7. The van der Waals surface area contributed by atoms with Gasteiger partial charge in [0.25, 0.3) is 5.91 Å². The van der Waals surface area contributed by atoms with Crippen molar-refractivity contribution in [1.29, 1.82) is 0 Å². The van der Waals surface area contributed by atoms with Crippen molar-refractivity contribution in [3.63, 3.8) is 0 Å². The Hall–Kier alpha value is -0.950. The van der Waals surface area contributed by atoms with Crippen LogP contribution >= 0.6 is 11.3 Å². The summed E-state index contributed by atoms with van der Waals surface area (Å²) in [5, 5.41) is 2.40. The molecule has 0 saturated carbocycles. The molecule has 0 fully saturated rings. The molecule has 5 nitrogen and oxygen atoms in total. The SMILES string of the molecule is CCS(=O)(=O)c1ncc(C(=O)NC)s1. The second-order valence-electron chi connectivity index (χ2n) is 2.47. The highest BCUT2D eigenvalue weighted by Crippen LogP contribution is 2.18. The summed E-state index contributed by atoms with van der Waals surface area (Å²) >= 11 is 0.886. The predicted molar refractivity (Wildman–Crippen MR) is 53.2 cm³/mol. The minimum Gasteiger partial charge on any atom is -0.354 e. The molecule has 0 bridgehead atoms. The van der Waals surface area contributed by atoms with E-state index in [4.69, 9.17) is 0 Å². The summed E-state index contributed by atoms with van der Waals surface area (Å²) in [6.07, 6.45) is 1.27. The zero-order valence-corrected chi connectivity index (χ0v) is 9.41. The van der Waals surface area contributed by atoms with E-state index in [0.717, 1.165) is 11.3 Å². The fraction of sp³-hybridized carbons (Fsp3) is 0.429. The van der Waals surface area contributed by atoms with Gasteiger partial charge in [-0.25, -0.2) is 13.4 Å². The second-order valence-corrected chi connectivity index (χ2v) is 5.96. The number of rotatable bonds is 3. The molecular weight excluding hydrogens is 224 g/mol. The summed E-state index contributed by atoms with van der Waals surface area (Å²) in [5.74, 6) is -0.326. The van der Waals surface area contributed by atoms with Gasteiger partial charge in [-0.15, -0.1) is 0 Å². The number of hydrogen-bond donors (Lipinski definition) is 1. The molecule has 0 atom stereocenters. The van der Waals surface area contributed by atoms with Gasteiger partial charge in [0.05, 0.1) is 11.9 Å². The molecule has 1 N–H and O–H groups in total. The van der Waals surface area contributed by atoms with Crippen molar-refractivity contribution in [3.8, 4) is 0 Å². The zero-order chi connectivity index (χ0) is 10.8. The average molecular weight is 234 g/mol. The maximum Gasteiger partial charge on any atom is 0.262 e. The highest BCUT2D eigenvalue weighted by molar-refractivity contribution is 7.93. The van der Waals surface area contributed by atoms with Gasteiger partial charge in [0.15, 0.2) is 0 Å². The van der Waals surface area contributed by atoms with Crippen molar-refractivity contribution in [3.05, 3.63) is 11.1 Å². The smallest absolute Gasteiger partial charge is 0.262 e. The Bertz CT molecular complexity index is 436. The van der Waals surface area contributed by atoms with E-state index in [1.54, 1.807) is 0 Å². The number of amides is 1. The molecule has 0 aliphatic heterocycles.